The molecule has 1 aliphatic heterocycles. The number of aliphatic hydroxyl groups excluding tert-OH is 2. The summed E-state index contributed by atoms with van der Waals surface area (Å²) in [5.74, 6) is 1.61. The van der Waals surface area contributed by atoms with Gasteiger partial charge in [-0.1, -0.05) is 30.3 Å². The van der Waals surface area contributed by atoms with E-state index < -0.39 is 12.2 Å². The summed E-state index contributed by atoms with van der Waals surface area (Å²) in [4.78, 5) is 11.2. The molecular weight excluding hydrogens is 328 g/mol. The van der Waals surface area contributed by atoms with Crippen LogP contribution in [0.3, 0.4) is 0 Å². The fourth-order valence-electron chi connectivity index (χ4n) is 4.20. The van der Waals surface area contributed by atoms with E-state index in [0.717, 1.165) is 25.2 Å². The van der Waals surface area contributed by atoms with Crippen LogP contribution in [0.1, 0.15) is 24.0 Å². The first-order chi connectivity index (χ1) is 12.7. The van der Waals surface area contributed by atoms with Gasteiger partial charge in [0.15, 0.2) is 0 Å². The average molecular weight is 354 g/mol. The third-order valence-electron chi connectivity index (χ3n) is 5.59. The van der Waals surface area contributed by atoms with Gasteiger partial charge < -0.3 is 15.5 Å². The van der Waals surface area contributed by atoms with Crippen molar-refractivity contribution in [1.29, 1.82) is 0 Å². The molecule has 2 aliphatic rings. The van der Waals surface area contributed by atoms with Crippen molar-refractivity contribution in [3.8, 4) is 0 Å². The van der Waals surface area contributed by atoms with Crippen molar-refractivity contribution in [3.05, 3.63) is 53.9 Å². The molecule has 0 bridgehead atoms. The minimum Gasteiger partial charge on any atom is -0.390 e. The highest BCUT2D eigenvalue weighted by molar-refractivity contribution is 5.28. The minimum absolute atomic E-state index is 0.487. The van der Waals surface area contributed by atoms with E-state index in [0.29, 0.717) is 37.2 Å². The maximum atomic E-state index is 9.87. The summed E-state index contributed by atoms with van der Waals surface area (Å²) in [7, 11) is 0. The number of fused-ring (bicyclic) bond motifs is 1. The minimum atomic E-state index is -0.561. The summed E-state index contributed by atoms with van der Waals surface area (Å²) < 4.78 is 0. The van der Waals surface area contributed by atoms with E-state index in [1.54, 1.807) is 0 Å². The van der Waals surface area contributed by atoms with Crippen LogP contribution in [-0.4, -0.2) is 50.4 Å². The van der Waals surface area contributed by atoms with Crippen LogP contribution < -0.4 is 5.32 Å². The van der Waals surface area contributed by atoms with Crippen molar-refractivity contribution < 1.29 is 10.2 Å². The van der Waals surface area contributed by atoms with Crippen LogP contribution in [0.15, 0.2) is 42.7 Å². The van der Waals surface area contributed by atoms with Gasteiger partial charge in [-0.15, -0.1) is 0 Å². The maximum absolute atomic E-state index is 9.87. The van der Waals surface area contributed by atoms with E-state index in [4.69, 9.17) is 0 Å². The number of anilines is 1. The Morgan fingerprint density at radius 1 is 0.923 bits per heavy atom. The molecule has 4 rings (SSSR count). The smallest absolute Gasteiger partial charge is 0.222 e. The Labute approximate surface area is 153 Å². The number of benzene rings is 1. The van der Waals surface area contributed by atoms with E-state index in [9.17, 15) is 10.2 Å². The second-order valence-corrected chi connectivity index (χ2v) is 7.57. The summed E-state index contributed by atoms with van der Waals surface area (Å²) >= 11 is 0. The predicted octanol–water partition coefficient (Wildman–Crippen LogP) is 1.65. The molecule has 2 aromatic rings. The highest BCUT2D eigenvalue weighted by atomic mass is 16.3. The summed E-state index contributed by atoms with van der Waals surface area (Å²) in [6, 6.07) is 10.2. The number of hydrogen-bond acceptors (Lipinski definition) is 6. The highest BCUT2D eigenvalue weighted by Gasteiger charge is 2.40. The Bertz CT molecular complexity index is 692. The van der Waals surface area contributed by atoms with E-state index in [1.807, 2.05) is 30.6 Å². The van der Waals surface area contributed by atoms with Crippen molar-refractivity contribution in [2.75, 3.05) is 18.4 Å². The van der Waals surface area contributed by atoms with Gasteiger partial charge in [0.05, 0.1) is 12.2 Å². The van der Waals surface area contributed by atoms with Crippen LogP contribution >= 0.6 is 0 Å². The predicted molar refractivity (Wildman–Crippen MR) is 99.3 cm³/mol. The van der Waals surface area contributed by atoms with Gasteiger partial charge in [-0.05, 0) is 30.2 Å². The normalized spacial score (nSPS) is 28.7. The van der Waals surface area contributed by atoms with Crippen molar-refractivity contribution in [2.45, 2.75) is 38.1 Å². The Hall–Kier alpha value is -2.02. The van der Waals surface area contributed by atoms with Crippen molar-refractivity contribution in [1.82, 2.24) is 14.9 Å². The summed E-state index contributed by atoms with van der Waals surface area (Å²) in [6.07, 6.45) is 4.06. The van der Waals surface area contributed by atoms with Crippen LogP contribution in [0.2, 0.25) is 0 Å². The SMILES string of the molecule is OC1CC2CN(Cc3cnc(NCc4ccccc4)nc3)CC2CC1O. The Kier molecular flexibility index (Phi) is 5.15. The summed E-state index contributed by atoms with van der Waals surface area (Å²) in [5, 5.41) is 23.0. The lowest BCUT2D eigenvalue weighted by Gasteiger charge is -2.32. The van der Waals surface area contributed by atoms with Gasteiger partial charge in [0.1, 0.15) is 0 Å². The maximum Gasteiger partial charge on any atom is 0.222 e. The standard InChI is InChI=1S/C20H26N4O2/c25-18-6-16-12-24(13-17(16)7-19(18)26)11-15-9-22-20(23-10-15)21-8-14-4-2-1-3-5-14/h1-5,9-10,16-19,25-26H,6-8,11-13H2,(H,21,22,23). The van der Waals surface area contributed by atoms with Gasteiger partial charge in [-0.3, -0.25) is 4.90 Å². The molecule has 6 nitrogen and oxygen atoms in total. The molecule has 1 saturated heterocycles. The number of hydrogen-bond donors (Lipinski definition) is 3. The monoisotopic (exact) mass is 354 g/mol. The molecule has 138 valence electrons. The zero-order chi connectivity index (χ0) is 17.9. The molecule has 1 saturated carbocycles. The van der Waals surface area contributed by atoms with Crippen molar-refractivity contribution in [3.63, 3.8) is 0 Å². The van der Waals surface area contributed by atoms with Gasteiger partial charge in [0.2, 0.25) is 5.95 Å². The molecule has 4 atom stereocenters. The van der Waals surface area contributed by atoms with Crippen LogP contribution in [0.4, 0.5) is 5.95 Å². The molecule has 2 fully saturated rings. The molecule has 0 amide bonds. The number of rotatable bonds is 5. The number of aliphatic hydroxyl groups is 2. The molecule has 1 aliphatic carbocycles. The number of likely N-dealkylation sites (tertiary alicyclic amines) is 1. The fourth-order valence-corrected chi connectivity index (χ4v) is 4.20. The summed E-state index contributed by atoms with van der Waals surface area (Å²) in [6.45, 7) is 3.48. The van der Waals surface area contributed by atoms with E-state index in [-0.39, 0.29) is 0 Å². The van der Waals surface area contributed by atoms with Crippen LogP contribution in [0.5, 0.6) is 0 Å². The Morgan fingerprint density at radius 2 is 1.54 bits per heavy atom. The van der Waals surface area contributed by atoms with E-state index in [2.05, 4.69) is 32.3 Å². The quantitative estimate of drug-likeness (QED) is 0.758. The molecule has 0 radical (unpaired) electrons. The molecule has 6 heteroatoms. The lowest BCUT2D eigenvalue weighted by Crippen LogP contribution is -2.38. The van der Waals surface area contributed by atoms with Crippen molar-refractivity contribution in [2.24, 2.45) is 11.8 Å². The lowest BCUT2D eigenvalue weighted by atomic mass is 9.79. The molecule has 3 N–H and O–H groups in total. The largest absolute Gasteiger partial charge is 0.390 e. The van der Waals surface area contributed by atoms with Crippen molar-refractivity contribution >= 4 is 5.95 Å². The number of nitrogens with zero attached hydrogens (tertiary/aromatic N) is 3. The molecule has 0 spiro atoms. The van der Waals surface area contributed by atoms with E-state index >= 15 is 0 Å². The van der Waals surface area contributed by atoms with Crippen LogP contribution in [0, 0.1) is 11.8 Å². The second-order valence-electron chi connectivity index (χ2n) is 7.57. The van der Waals surface area contributed by atoms with Gasteiger partial charge in [-0.25, -0.2) is 9.97 Å². The zero-order valence-electron chi connectivity index (χ0n) is 14.8. The van der Waals surface area contributed by atoms with Crippen LogP contribution in [-0.2, 0) is 13.1 Å². The average Bonchev–Trinajstić information content (AvgIpc) is 3.03. The molecule has 26 heavy (non-hydrogen) atoms. The third-order valence-corrected chi connectivity index (χ3v) is 5.59. The number of aromatic nitrogens is 2. The van der Waals surface area contributed by atoms with Crippen LogP contribution in [0.25, 0.3) is 0 Å². The van der Waals surface area contributed by atoms with Gasteiger partial charge in [-0.2, -0.15) is 0 Å². The first-order valence-corrected chi connectivity index (χ1v) is 9.34. The number of nitrogens with one attached hydrogen (secondary N) is 1. The topological polar surface area (TPSA) is 81.5 Å². The lowest BCUT2D eigenvalue weighted by molar-refractivity contribution is -0.0372. The van der Waals surface area contributed by atoms with Gasteiger partial charge in [0, 0.05) is 44.1 Å². The van der Waals surface area contributed by atoms with Gasteiger partial charge in [0.25, 0.3) is 0 Å². The molecule has 1 aromatic heterocycles. The second kappa shape index (κ2) is 7.70. The molecule has 1 aromatic carbocycles. The third kappa shape index (κ3) is 4.03. The molecule has 2 heterocycles. The van der Waals surface area contributed by atoms with Gasteiger partial charge >= 0.3 is 0 Å². The fraction of sp³-hybridized carbons (Fsp3) is 0.500. The Balaban J connectivity index is 1.29. The molecular formula is C20H26N4O2. The molecule has 4 unspecified atom stereocenters. The first kappa shape index (κ1) is 17.4. The zero-order valence-corrected chi connectivity index (χ0v) is 14.8. The summed E-state index contributed by atoms with van der Waals surface area (Å²) in [5.41, 5.74) is 2.29. The first-order valence-electron chi connectivity index (χ1n) is 9.34. The highest BCUT2D eigenvalue weighted by Crippen LogP contribution is 2.36. The Morgan fingerprint density at radius 3 is 2.15 bits per heavy atom. The van der Waals surface area contributed by atoms with E-state index in [1.165, 1.54) is 5.56 Å².